The largest absolute Gasteiger partial charge is 0.416 e. The molecule has 2 rings (SSSR count). The molecule has 5 heteroatoms. The SMILES string of the molecule is O=C(c1cccc(C(F)(F)F)c1)C1(O)CCCCC1. The third-order valence-electron chi connectivity index (χ3n) is 3.56. The summed E-state index contributed by atoms with van der Waals surface area (Å²) >= 11 is 0. The average molecular weight is 272 g/mol. The zero-order valence-electron chi connectivity index (χ0n) is 10.3. The number of carbonyl (C=O) groups is 1. The third-order valence-corrected chi connectivity index (χ3v) is 3.56. The van der Waals surface area contributed by atoms with Crippen molar-refractivity contribution in [3.63, 3.8) is 0 Å². The smallest absolute Gasteiger partial charge is 0.382 e. The minimum absolute atomic E-state index is 0.0702. The zero-order valence-corrected chi connectivity index (χ0v) is 10.3. The Hall–Kier alpha value is -1.36. The summed E-state index contributed by atoms with van der Waals surface area (Å²) in [5.74, 6) is -0.599. The number of benzene rings is 1. The highest BCUT2D eigenvalue weighted by Gasteiger charge is 2.38. The molecule has 0 amide bonds. The van der Waals surface area contributed by atoms with Gasteiger partial charge in [-0.25, -0.2) is 0 Å². The van der Waals surface area contributed by atoms with Crippen LogP contribution in [0.2, 0.25) is 0 Å². The van der Waals surface area contributed by atoms with Gasteiger partial charge in [0.2, 0.25) is 0 Å². The normalized spacial score (nSPS) is 19.2. The van der Waals surface area contributed by atoms with E-state index in [2.05, 4.69) is 0 Å². The highest BCUT2D eigenvalue weighted by Crippen LogP contribution is 2.33. The monoisotopic (exact) mass is 272 g/mol. The van der Waals surface area contributed by atoms with Crippen LogP contribution >= 0.6 is 0 Å². The lowest BCUT2D eigenvalue weighted by atomic mass is 9.79. The third kappa shape index (κ3) is 2.97. The summed E-state index contributed by atoms with van der Waals surface area (Å²) < 4.78 is 37.8. The first-order valence-corrected chi connectivity index (χ1v) is 6.27. The van der Waals surface area contributed by atoms with Crippen molar-refractivity contribution in [2.24, 2.45) is 0 Å². The van der Waals surface area contributed by atoms with Crippen LogP contribution in [0.5, 0.6) is 0 Å². The van der Waals surface area contributed by atoms with Crippen molar-refractivity contribution < 1.29 is 23.1 Å². The molecular weight excluding hydrogens is 257 g/mol. The second-order valence-corrected chi connectivity index (χ2v) is 5.00. The molecule has 0 heterocycles. The minimum Gasteiger partial charge on any atom is -0.382 e. The fourth-order valence-electron chi connectivity index (χ4n) is 2.47. The molecule has 1 aromatic carbocycles. The maximum Gasteiger partial charge on any atom is 0.416 e. The maximum absolute atomic E-state index is 12.6. The second-order valence-electron chi connectivity index (χ2n) is 5.00. The van der Waals surface area contributed by atoms with Crippen LogP contribution in [0, 0.1) is 0 Å². The van der Waals surface area contributed by atoms with E-state index in [0.717, 1.165) is 31.4 Å². The molecule has 1 aliphatic carbocycles. The Morgan fingerprint density at radius 3 is 2.37 bits per heavy atom. The Morgan fingerprint density at radius 1 is 1.16 bits per heavy atom. The molecule has 0 saturated heterocycles. The van der Waals surface area contributed by atoms with Gasteiger partial charge in [-0.1, -0.05) is 31.4 Å². The van der Waals surface area contributed by atoms with Crippen molar-refractivity contribution in [1.82, 2.24) is 0 Å². The Balaban J connectivity index is 2.29. The van der Waals surface area contributed by atoms with Gasteiger partial charge in [-0.15, -0.1) is 0 Å². The Kier molecular flexibility index (Phi) is 3.67. The molecule has 2 nitrogen and oxygen atoms in total. The quantitative estimate of drug-likeness (QED) is 0.835. The average Bonchev–Trinajstić information content (AvgIpc) is 2.38. The van der Waals surface area contributed by atoms with Crippen molar-refractivity contribution >= 4 is 5.78 Å². The Labute approximate surface area is 109 Å². The molecule has 1 saturated carbocycles. The molecule has 0 aromatic heterocycles. The van der Waals surface area contributed by atoms with Crippen LogP contribution in [0.25, 0.3) is 0 Å². The fourth-order valence-corrected chi connectivity index (χ4v) is 2.47. The van der Waals surface area contributed by atoms with Crippen molar-refractivity contribution in [1.29, 1.82) is 0 Å². The molecule has 1 N–H and O–H groups in total. The first-order chi connectivity index (χ1) is 8.83. The molecule has 0 spiro atoms. The molecule has 1 aromatic rings. The van der Waals surface area contributed by atoms with Crippen molar-refractivity contribution in [2.45, 2.75) is 43.9 Å². The summed E-state index contributed by atoms with van der Waals surface area (Å²) in [7, 11) is 0. The number of ketones is 1. The van der Waals surface area contributed by atoms with Gasteiger partial charge in [0.1, 0.15) is 5.60 Å². The number of aliphatic hydroxyl groups is 1. The first kappa shape index (κ1) is 14.1. The summed E-state index contributed by atoms with van der Waals surface area (Å²) in [4.78, 5) is 12.2. The molecule has 104 valence electrons. The van der Waals surface area contributed by atoms with E-state index in [9.17, 15) is 23.1 Å². The molecule has 0 aliphatic heterocycles. The standard InChI is InChI=1S/C14H15F3O2/c15-14(16,17)11-6-4-5-10(9-11)12(18)13(19)7-2-1-3-8-13/h4-6,9,19H,1-3,7-8H2. The number of Topliss-reactive ketones (excluding diaryl/α,β-unsaturated/α-hetero) is 1. The Bertz CT molecular complexity index is 474. The Morgan fingerprint density at radius 2 is 1.79 bits per heavy atom. The fraction of sp³-hybridized carbons (Fsp3) is 0.500. The van der Waals surface area contributed by atoms with Crippen LogP contribution in [0.15, 0.2) is 24.3 Å². The van der Waals surface area contributed by atoms with Crippen LogP contribution in [-0.4, -0.2) is 16.5 Å². The summed E-state index contributed by atoms with van der Waals surface area (Å²) in [6.45, 7) is 0. The number of alkyl halides is 3. The van der Waals surface area contributed by atoms with Gasteiger partial charge in [-0.3, -0.25) is 4.79 Å². The van der Waals surface area contributed by atoms with E-state index >= 15 is 0 Å². The minimum atomic E-state index is -4.48. The van der Waals surface area contributed by atoms with Crippen molar-refractivity contribution in [2.75, 3.05) is 0 Å². The van der Waals surface area contributed by atoms with E-state index in [0.29, 0.717) is 12.8 Å². The van der Waals surface area contributed by atoms with Crippen LogP contribution in [0.4, 0.5) is 13.2 Å². The molecule has 1 fully saturated rings. The predicted octanol–water partition coefficient (Wildman–Crippen LogP) is 3.58. The number of carbonyl (C=O) groups excluding carboxylic acids is 1. The van der Waals surface area contributed by atoms with E-state index in [-0.39, 0.29) is 5.56 Å². The molecule has 0 radical (unpaired) electrons. The second kappa shape index (κ2) is 4.96. The van der Waals surface area contributed by atoms with Gasteiger partial charge >= 0.3 is 6.18 Å². The van der Waals surface area contributed by atoms with Gasteiger partial charge in [0.15, 0.2) is 5.78 Å². The van der Waals surface area contributed by atoms with Gasteiger partial charge in [-0.2, -0.15) is 13.2 Å². The summed E-state index contributed by atoms with van der Waals surface area (Å²) in [5, 5.41) is 10.3. The predicted molar refractivity (Wildman–Crippen MR) is 63.8 cm³/mol. The van der Waals surface area contributed by atoms with Crippen LogP contribution in [-0.2, 0) is 6.18 Å². The highest BCUT2D eigenvalue weighted by atomic mass is 19.4. The number of halogens is 3. The van der Waals surface area contributed by atoms with E-state index < -0.39 is 23.1 Å². The van der Waals surface area contributed by atoms with Crippen LogP contribution in [0.1, 0.15) is 48.0 Å². The lowest BCUT2D eigenvalue weighted by Gasteiger charge is -2.30. The highest BCUT2D eigenvalue weighted by molar-refractivity contribution is 6.02. The summed E-state index contributed by atoms with van der Waals surface area (Å²) in [6, 6.07) is 4.25. The van der Waals surface area contributed by atoms with Gasteiger partial charge < -0.3 is 5.11 Å². The van der Waals surface area contributed by atoms with E-state index in [4.69, 9.17) is 0 Å². The maximum atomic E-state index is 12.6. The summed E-state index contributed by atoms with van der Waals surface area (Å²) in [6.07, 6.45) is -1.45. The van der Waals surface area contributed by atoms with Gasteiger partial charge in [0.05, 0.1) is 5.56 Å². The number of hydrogen-bond donors (Lipinski definition) is 1. The zero-order chi connectivity index (χ0) is 14.1. The van der Waals surface area contributed by atoms with Gasteiger partial charge in [-0.05, 0) is 25.0 Å². The van der Waals surface area contributed by atoms with E-state index in [1.54, 1.807) is 0 Å². The van der Waals surface area contributed by atoms with Crippen molar-refractivity contribution in [3.8, 4) is 0 Å². The topological polar surface area (TPSA) is 37.3 Å². The molecule has 0 atom stereocenters. The molecule has 19 heavy (non-hydrogen) atoms. The lowest BCUT2D eigenvalue weighted by molar-refractivity contribution is -0.137. The van der Waals surface area contributed by atoms with E-state index in [1.807, 2.05) is 0 Å². The first-order valence-electron chi connectivity index (χ1n) is 6.27. The van der Waals surface area contributed by atoms with Crippen LogP contribution in [0.3, 0.4) is 0 Å². The molecule has 0 unspecified atom stereocenters. The number of hydrogen-bond acceptors (Lipinski definition) is 2. The summed E-state index contributed by atoms with van der Waals surface area (Å²) in [5.41, 5.74) is -2.43. The van der Waals surface area contributed by atoms with Gasteiger partial charge in [0, 0.05) is 5.56 Å². The molecule has 0 bridgehead atoms. The van der Waals surface area contributed by atoms with Crippen LogP contribution < -0.4 is 0 Å². The number of rotatable bonds is 2. The molecular formula is C14H15F3O2. The van der Waals surface area contributed by atoms with Crippen molar-refractivity contribution in [3.05, 3.63) is 35.4 Å². The van der Waals surface area contributed by atoms with E-state index in [1.165, 1.54) is 12.1 Å². The lowest BCUT2D eigenvalue weighted by Crippen LogP contribution is -2.40. The molecule has 1 aliphatic rings. The van der Waals surface area contributed by atoms with Gasteiger partial charge in [0.25, 0.3) is 0 Å².